The second-order valence-corrected chi connectivity index (χ2v) is 4.92. The smallest absolute Gasteiger partial charge is 0.293 e. The minimum atomic E-state index is -0.0504. The molecule has 2 N–H and O–H groups in total. The summed E-state index contributed by atoms with van der Waals surface area (Å²) in [4.78, 5) is 18.1. The summed E-state index contributed by atoms with van der Waals surface area (Å²) in [6.07, 6.45) is 2.43. The number of aryl methyl sites for hydroxylation is 1. The van der Waals surface area contributed by atoms with E-state index in [1.165, 1.54) is 12.8 Å². The fourth-order valence-electron chi connectivity index (χ4n) is 2.79. The second kappa shape index (κ2) is 4.10. The van der Waals surface area contributed by atoms with E-state index in [1.54, 1.807) is 6.92 Å². The van der Waals surface area contributed by atoms with E-state index in [0.29, 0.717) is 23.6 Å². The lowest BCUT2D eigenvalue weighted by molar-refractivity contribution is 0.0774. The second-order valence-electron chi connectivity index (χ2n) is 4.92. The van der Waals surface area contributed by atoms with E-state index in [1.807, 2.05) is 4.90 Å². The van der Waals surface area contributed by atoms with Crippen LogP contribution < -0.4 is 5.32 Å². The van der Waals surface area contributed by atoms with Gasteiger partial charge in [0, 0.05) is 19.1 Å². The molecule has 2 saturated heterocycles. The Hall–Kier alpha value is -1.43. The molecular formula is C11H17N5O. The van der Waals surface area contributed by atoms with Gasteiger partial charge < -0.3 is 10.2 Å². The molecule has 1 aromatic heterocycles. The van der Waals surface area contributed by atoms with Crippen molar-refractivity contribution < 1.29 is 4.79 Å². The fraction of sp³-hybridized carbons (Fsp3) is 0.727. The number of hydrogen-bond acceptors (Lipinski definition) is 4. The van der Waals surface area contributed by atoms with Crippen molar-refractivity contribution >= 4 is 5.91 Å². The van der Waals surface area contributed by atoms with Gasteiger partial charge in [-0.1, -0.05) is 0 Å². The number of piperidine rings is 1. The highest BCUT2D eigenvalue weighted by atomic mass is 16.2. The number of nitrogens with one attached hydrogen (secondary N) is 2. The molecule has 3 heterocycles. The molecule has 2 unspecified atom stereocenters. The molecule has 2 aliphatic heterocycles. The van der Waals surface area contributed by atoms with Crippen LogP contribution in [-0.2, 0) is 0 Å². The molecule has 0 saturated carbocycles. The van der Waals surface area contributed by atoms with Crippen LogP contribution >= 0.6 is 0 Å². The topological polar surface area (TPSA) is 73.9 Å². The number of rotatable bonds is 1. The monoisotopic (exact) mass is 235 g/mol. The summed E-state index contributed by atoms with van der Waals surface area (Å²) in [5.74, 6) is 1.53. The number of H-pyrrole nitrogens is 1. The van der Waals surface area contributed by atoms with Gasteiger partial charge in [-0.15, -0.1) is 5.10 Å². The molecule has 0 aromatic carbocycles. The quantitative estimate of drug-likeness (QED) is 0.715. The molecule has 6 heteroatoms. The zero-order valence-electron chi connectivity index (χ0n) is 9.94. The minimum absolute atomic E-state index is 0.0504. The van der Waals surface area contributed by atoms with Gasteiger partial charge in [-0.25, -0.2) is 4.98 Å². The van der Waals surface area contributed by atoms with Crippen LogP contribution in [0.1, 0.15) is 29.3 Å². The molecule has 0 radical (unpaired) electrons. The summed E-state index contributed by atoms with van der Waals surface area (Å²) in [5.41, 5.74) is 0. The molecule has 1 amide bonds. The zero-order valence-corrected chi connectivity index (χ0v) is 9.94. The Morgan fingerprint density at radius 3 is 3.06 bits per heavy atom. The van der Waals surface area contributed by atoms with Crippen molar-refractivity contribution in [2.75, 3.05) is 19.6 Å². The molecule has 6 nitrogen and oxygen atoms in total. The molecule has 92 valence electrons. The van der Waals surface area contributed by atoms with Gasteiger partial charge in [0.05, 0.1) is 0 Å². The number of amides is 1. The number of carbonyl (C=O) groups is 1. The SMILES string of the molecule is Cc1nc(C(=O)N2CC3CCCNC3C2)n[nH]1. The average Bonchev–Trinajstić information content (AvgIpc) is 2.93. The Balaban J connectivity index is 1.71. The molecule has 0 bridgehead atoms. The Morgan fingerprint density at radius 1 is 1.47 bits per heavy atom. The summed E-state index contributed by atoms with van der Waals surface area (Å²) in [6.45, 7) is 4.50. The number of aromatic amines is 1. The zero-order chi connectivity index (χ0) is 11.8. The first-order valence-corrected chi connectivity index (χ1v) is 6.15. The van der Waals surface area contributed by atoms with Gasteiger partial charge in [0.1, 0.15) is 5.82 Å². The van der Waals surface area contributed by atoms with Gasteiger partial charge in [0.25, 0.3) is 5.91 Å². The molecule has 3 rings (SSSR count). The molecule has 1 aromatic rings. The molecule has 2 fully saturated rings. The first kappa shape index (κ1) is 10.7. The van der Waals surface area contributed by atoms with Crippen molar-refractivity contribution in [2.24, 2.45) is 5.92 Å². The number of fused-ring (bicyclic) bond motifs is 1. The van der Waals surface area contributed by atoms with Crippen LogP contribution in [0.2, 0.25) is 0 Å². The van der Waals surface area contributed by atoms with Gasteiger partial charge in [-0.3, -0.25) is 9.89 Å². The Labute approximate surface area is 99.8 Å². The lowest BCUT2D eigenvalue weighted by Crippen LogP contribution is -2.41. The predicted molar refractivity (Wildman–Crippen MR) is 61.5 cm³/mol. The number of aromatic nitrogens is 3. The van der Waals surface area contributed by atoms with Crippen LogP contribution in [0.5, 0.6) is 0 Å². The highest BCUT2D eigenvalue weighted by Crippen LogP contribution is 2.25. The lowest BCUT2D eigenvalue weighted by Gasteiger charge is -2.24. The van der Waals surface area contributed by atoms with Gasteiger partial charge in [0.15, 0.2) is 0 Å². The summed E-state index contributed by atoms with van der Waals surface area (Å²) >= 11 is 0. The van der Waals surface area contributed by atoms with Crippen LogP contribution in [0.15, 0.2) is 0 Å². The number of hydrogen-bond donors (Lipinski definition) is 2. The van der Waals surface area contributed by atoms with E-state index in [0.717, 1.165) is 19.6 Å². The first-order chi connectivity index (χ1) is 8.24. The van der Waals surface area contributed by atoms with Crippen LogP contribution in [0.3, 0.4) is 0 Å². The average molecular weight is 235 g/mol. The third-order valence-electron chi connectivity index (χ3n) is 3.67. The van der Waals surface area contributed by atoms with Crippen molar-refractivity contribution in [1.82, 2.24) is 25.4 Å². The maximum Gasteiger partial charge on any atom is 0.293 e. The van der Waals surface area contributed by atoms with Crippen molar-refractivity contribution in [1.29, 1.82) is 0 Å². The van der Waals surface area contributed by atoms with E-state index in [9.17, 15) is 4.79 Å². The molecule has 17 heavy (non-hydrogen) atoms. The van der Waals surface area contributed by atoms with E-state index < -0.39 is 0 Å². The Bertz CT molecular complexity index is 415. The fourth-order valence-corrected chi connectivity index (χ4v) is 2.79. The van der Waals surface area contributed by atoms with Crippen LogP contribution in [0.4, 0.5) is 0 Å². The summed E-state index contributed by atoms with van der Waals surface area (Å²) in [6, 6.07) is 0.465. The van der Waals surface area contributed by atoms with E-state index >= 15 is 0 Å². The number of nitrogens with zero attached hydrogens (tertiary/aromatic N) is 3. The molecule has 2 aliphatic rings. The summed E-state index contributed by atoms with van der Waals surface area (Å²) in [5, 5.41) is 10.1. The predicted octanol–water partition coefficient (Wildman–Crippen LogP) is -0.0629. The van der Waals surface area contributed by atoms with Crippen LogP contribution in [-0.4, -0.2) is 51.7 Å². The van der Waals surface area contributed by atoms with Gasteiger partial charge in [0.2, 0.25) is 5.82 Å². The Kier molecular flexibility index (Phi) is 2.58. The summed E-state index contributed by atoms with van der Waals surface area (Å²) < 4.78 is 0. The molecule has 2 atom stereocenters. The molecular weight excluding hydrogens is 218 g/mol. The highest BCUT2D eigenvalue weighted by molar-refractivity contribution is 5.90. The molecule has 0 aliphatic carbocycles. The van der Waals surface area contributed by atoms with Crippen molar-refractivity contribution in [3.8, 4) is 0 Å². The van der Waals surface area contributed by atoms with Crippen LogP contribution in [0.25, 0.3) is 0 Å². The maximum atomic E-state index is 12.2. The van der Waals surface area contributed by atoms with Crippen molar-refractivity contribution in [3.63, 3.8) is 0 Å². The molecule has 0 spiro atoms. The van der Waals surface area contributed by atoms with Crippen molar-refractivity contribution in [3.05, 3.63) is 11.6 Å². The van der Waals surface area contributed by atoms with Crippen LogP contribution in [0, 0.1) is 12.8 Å². The third-order valence-corrected chi connectivity index (χ3v) is 3.67. The first-order valence-electron chi connectivity index (χ1n) is 6.15. The van der Waals surface area contributed by atoms with E-state index in [4.69, 9.17) is 0 Å². The third kappa shape index (κ3) is 1.93. The summed E-state index contributed by atoms with van der Waals surface area (Å²) in [7, 11) is 0. The normalized spacial score (nSPS) is 28.2. The maximum absolute atomic E-state index is 12.2. The van der Waals surface area contributed by atoms with Crippen molar-refractivity contribution in [2.45, 2.75) is 25.8 Å². The van der Waals surface area contributed by atoms with Gasteiger partial charge in [-0.2, -0.15) is 0 Å². The highest BCUT2D eigenvalue weighted by Gasteiger charge is 2.37. The van der Waals surface area contributed by atoms with Gasteiger partial charge in [-0.05, 0) is 32.2 Å². The van der Waals surface area contributed by atoms with E-state index in [2.05, 4.69) is 20.5 Å². The van der Waals surface area contributed by atoms with E-state index in [-0.39, 0.29) is 5.91 Å². The number of likely N-dealkylation sites (tertiary alicyclic amines) is 1. The largest absolute Gasteiger partial charge is 0.334 e. The number of carbonyl (C=O) groups excluding carboxylic acids is 1. The van der Waals surface area contributed by atoms with Gasteiger partial charge >= 0.3 is 0 Å². The Morgan fingerprint density at radius 2 is 2.35 bits per heavy atom. The standard InChI is InChI=1S/C11H17N5O/c1-7-13-10(15-14-7)11(17)16-5-8-3-2-4-12-9(8)6-16/h8-9,12H,2-6H2,1H3,(H,13,14,15). The minimum Gasteiger partial charge on any atom is -0.334 e. The lowest BCUT2D eigenvalue weighted by atomic mass is 9.94.